The molecule has 1 aromatic heterocycles. The van der Waals surface area contributed by atoms with E-state index in [2.05, 4.69) is 0 Å². The van der Waals surface area contributed by atoms with Gasteiger partial charge < -0.3 is 9.67 Å². The highest BCUT2D eigenvalue weighted by Gasteiger charge is 2.32. The monoisotopic (exact) mass is 263 g/mol. The summed E-state index contributed by atoms with van der Waals surface area (Å²) in [6.45, 7) is 2.48. The average Bonchev–Trinajstić information content (AvgIpc) is 2.58. The lowest BCUT2D eigenvalue weighted by Gasteiger charge is -2.17. The predicted molar refractivity (Wildman–Crippen MR) is 56.8 cm³/mol. The third-order valence-electron chi connectivity index (χ3n) is 2.48. The van der Waals surface area contributed by atoms with Crippen molar-refractivity contribution in [1.29, 1.82) is 0 Å². The van der Waals surface area contributed by atoms with Crippen LogP contribution < -0.4 is 0 Å². The van der Waals surface area contributed by atoms with Gasteiger partial charge in [-0.1, -0.05) is 0 Å². The molecule has 0 aliphatic heterocycles. The van der Waals surface area contributed by atoms with Crippen molar-refractivity contribution in [3.05, 3.63) is 23.5 Å². The molecule has 0 bridgehead atoms. The van der Waals surface area contributed by atoms with E-state index in [9.17, 15) is 22.8 Å². The number of ketones is 1. The standard InChI is InChI=1S/C11H12F3NO3/c1-6(4-11(12,13)14)15-5-8(7(2)16)3-9(15)10(17)18/h3,5-6H,4H2,1-2H3,(H,17,18). The van der Waals surface area contributed by atoms with Crippen molar-refractivity contribution in [2.75, 3.05) is 0 Å². The first-order chi connectivity index (χ1) is 8.11. The van der Waals surface area contributed by atoms with E-state index in [0.717, 1.165) is 16.8 Å². The van der Waals surface area contributed by atoms with Gasteiger partial charge in [-0.3, -0.25) is 4.79 Å². The largest absolute Gasteiger partial charge is 0.477 e. The van der Waals surface area contributed by atoms with Crippen molar-refractivity contribution >= 4 is 11.8 Å². The van der Waals surface area contributed by atoms with Crippen molar-refractivity contribution in [1.82, 2.24) is 4.57 Å². The molecule has 7 heteroatoms. The number of rotatable bonds is 4. The van der Waals surface area contributed by atoms with Gasteiger partial charge in [-0.15, -0.1) is 0 Å². The van der Waals surface area contributed by atoms with E-state index < -0.39 is 30.4 Å². The molecule has 0 radical (unpaired) electrons. The highest BCUT2D eigenvalue weighted by Crippen LogP contribution is 2.29. The number of hydrogen-bond acceptors (Lipinski definition) is 2. The molecular formula is C11H12F3NO3. The topological polar surface area (TPSA) is 59.3 Å². The first kappa shape index (κ1) is 14.3. The molecule has 0 aliphatic rings. The molecule has 0 spiro atoms. The smallest absolute Gasteiger partial charge is 0.391 e. The van der Waals surface area contributed by atoms with Crippen LogP contribution >= 0.6 is 0 Å². The fourth-order valence-corrected chi connectivity index (χ4v) is 1.64. The van der Waals surface area contributed by atoms with Gasteiger partial charge in [-0.2, -0.15) is 13.2 Å². The summed E-state index contributed by atoms with van der Waals surface area (Å²) in [5.74, 6) is -1.76. The lowest BCUT2D eigenvalue weighted by Crippen LogP contribution is -2.19. The zero-order chi connectivity index (χ0) is 14.1. The summed E-state index contributed by atoms with van der Waals surface area (Å²) in [6.07, 6.45) is -4.41. The van der Waals surface area contributed by atoms with Crippen LogP contribution in [0.1, 0.15) is 47.2 Å². The summed E-state index contributed by atoms with van der Waals surface area (Å²) in [6, 6.07) is 0.00145. The molecule has 0 saturated heterocycles. The molecule has 1 heterocycles. The number of Topliss-reactive ketones (excluding diaryl/α,β-unsaturated/α-hetero) is 1. The first-order valence-electron chi connectivity index (χ1n) is 5.14. The Kier molecular flexibility index (Phi) is 3.83. The second-order valence-electron chi connectivity index (χ2n) is 4.05. The number of aromatic nitrogens is 1. The molecule has 1 rings (SSSR count). The number of carboxylic acid groups (broad SMARTS) is 1. The van der Waals surface area contributed by atoms with Gasteiger partial charge >= 0.3 is 12.1 Å². The maximum atomic E-state index is 12.3. The van der Waals surface area contributed by atoms with Crippen LogP contribution in [0, 0.1) is 0 Å². The molecule has 1 aromatic rings. The van der Waals surface area contributed by atoms with Crippen molar-refractivity contribution in [3.8, 4) is 0 Å². The first-order valence-corrected chi connectivity index (χ1v) is 5.14. The van der Waals surface area contributed by atoms with Crippen LogP contribution in [0.5, 0.6) is 0 Å². The second kappa shape index (κ2) is 4.83. The van der Waals surface area contributed by atoms with E-state index >= 15 is 0 Å². The molecule has 0 saturated carbocycles. The van der Waals surface area contributed by atoms with E-state index in [0.29, 0.717) is 0 Å². The lowest BCUT2D eigenvalue weighted by molar-refractivity contribution is -0.141. The molecule has 0 aromatic carbocycles. The number of halogens is 3. The molecule has 0 amide bonds. The molecule has 0 aliphatic carbocycles. The maximum absolute atomic E-state index is 12.3. The van der Waals surface area contributed by atoms with Crippen LogP contribution in [-0.4, -0.2) is 27.6 Å². The zero-order valence-electron chi connectivity index (χ0n) is 9.78. The highest BCUT2D eigenvalue weighted by molar-refractivity contribution is 5.97. The number of carbonyl (C=O) groups is 2. The predicted octanol–water partition coefficient (Wildman–Crippen LogP) is 2.90. The van der Waals surface area contributed by atoms with E-state index in [1.807, 2.05) is 0 Å². The minimum atomic E-state index is -4.39. The molecule has 100 valence electrons. The van der Waals surface area contributed by atoms with Gasteiger partial charge in [0.25, 0.3) is 0 Å². The Labute approximate surface area is 101 Å². The van der Waals surface area contributed by atoms with E-state index in [4.69, 9.17) is 5.11 Å². The van der Waals surface area contributed by atoms with Crippen molar-refractivity contribution in [2.45, 2.75) is 32.5 Å². The van der Waals surface area contributed by atoms with Crippen LogP contribution in [-0.2, 0) is 0 Å². The molecule has 0 fully saturated rings. The SMILES string of the molecule is CC(=O)c1cc(C(=O)O)n(C(C)CC(F)(F)F)c1. The van der Waals surface area contributed by atoms with Crippen LogP contribution in [0.25, 0.3) is 0 Å². The minimum Gasteiger partial charge on any atom is -0.477 e. The van der Waals surface area contributed by atoms with Gasteiger partial charge in [0.2, 0.25) is 0 Å². The summed E-state index contributed by atoms with van der Waals surface area (Å²) in [4.78, 5) is 22.0. The van der Waals surface area contributed by atoms with Crippen LogP contribution in [0.3, 0.4) is 0 Å². The van der Waals surface area contributed by atoms with Crippen LogP contribution in [0.2, 0.25) is 0 Å². The number of aromatic carboxylic acids is 1. The Balaban J connectivity index is 3.13. The van der Waals surface area contributed by atoms with E-state index in [-0.39, 0.29) is 11.3 Å². The Morgan fingerprint density at radius 2 is 2.00 bits per heavy atom. The fourth-order valence-electron chi connectivity index (χ4n) is 1.64. The number of alkyl halides is 3. The average molecular weight is 263 g/mol. The number of carbonyl (C=O) groups excluding carboxylic acids is 1. The molecule has 1 N–H and O–H groups in total. The number of carboxylic acids is 1. The molecule has 18 heavy (non-hydrogen) atoms. The molecule has 4 nitrogen and oxygen atoms in total. The molecule has 1 atom stereocenters. The van der Waals surface area contributed by atoms with Crippen molar-refractivity contribution < 1.29 is 27.9 Å². The van der Waals surface area contributed by atoms with Crippen molar-refractivity contribution in [3.63, 3.8) is 0 Å². The van der Waals surface area contributed by atoms with Gasteiger partial charge in [0.05, 0.1) is 6.42 Å². The summed E-state index contributed by atoms with van der Waals surface area (Å²) in [5.41, 5.74) is -0.238. The van der Waals surface area contributed by atoms with Crippen molar-refractivity contribution in [2.24, 2.45) is 0 Å². The Bertz CT molecular complexity index is 476. The van der Waals surface area contributed by atoms with E-state index in [1.54, 1.807) is 0 Å². The summed E-state index contributed by atoms with van der Waals surface area (Å²) in [5, 5.41) is 8.89. The third-order valence-corrected chi connectivity index (χ3v) is 2.48. The fraction of sp³-hybridized carbons (Fsp3) is 0.455. The number of nitrogens with zero attached hydrogens (tertiary/aromatic N) is 1. The Hall–Kier alpha value is -1.79. The van der Waals surface area contributed by atoms with Gasteiger partial charge in [-0.25, -0.2) is 4.79 Å². The van der Waals surface area contributed by atoms with Gasteiger partial charge in [0, 0.05) is 17.8 Å². The number of hydrogen-bond donors (Lipinski definition) is 1. The third kappa shape index (κ3) is 3.35. The Morgan fingerprint density at radius 3 is 2.39 bits per heavy atom. The summed E-state index contributed by atoms with van der Waals surface area (Å²) < 4.78 is 37.8. The molecule has 1 unspecified atom stereocenters. The van der Waals surface area contributed by atoms with Gasteiger partial charge in [0.1, 0.15) is 5.69 Å². The van der Waals surface area contributed by atoms with Gasteiger partial charge in [0.15, 0.2) is 5.78 Å². The maximum Gasteiger partial charge on any atom is 0.391 e. The molecular weight excluding hydrogens is 251 g/mol. The quantitative estimate of drug-likeness (QED) is 0.850. The normalized spacial score (nSPS) is 13.4. The highest BCUT2D eigenvalue weighted by atomic mass is 19.4. The van der Waals surface area contributed by atoms with Crippen LogP contribution in [0.4, 0.5) is 13.2 Å². The second-order valence-corrected chi connectivity index (χ2v) is 4.05. The zero-order valence-corrected chi connectivity index (χ0v) is 9.78. The minimum absolute atomic E-state index is 0.0847. The Morgan fingerprint density at radius 1 is 1.44 bits per heavy atom. The summed E-state index contributed by atoms with van der Waals surface area (Å²) >= 11 is 0. The summed E-state index contributed by atoms with van der Waals surface area (Å²) in [7, 11) is 0. The van der Waals surface area contributed by atoms with Gasteiger partial charge in [-0.05, 0) is 19.9 Å². The lowest BCUT2D eigenvalue weighted by atomic mass is 10.2. The van der Waals surface area contributed by atoms with Crippen LogP contribution in [0.15, 0.2) is 12.3 Å². The van der Waals surface area contributed by atoms with E-state index in [1.165, 1.54) is 13.8 Å².